The van der Waals surface area contributed by atoms with Gasteiger partial charge in [-0.05, 0) is 50.7 Å². The molecule has 2 aromatic rings. The molecule has 0 unspecified atom stereocenters. The highest BCUT2D eigenvalue weighted by molar-refractivity contribution is 6.31. The summed E-state index contributed by atoms with van der Waals surface area (Å²) < 4.78 is 36.6. The highest BCUT2D eigenvalue weighted by Crippen LogP contribution is 2.51. The molecule has 0 saturated carbocycles. The maximum absolute atomic E-state index is 15.7. The summed E-state index contributed by atoms with van der Waals surface area (Å²) in [5.41, 5.74) is -1.76. The van der Waals surface area contributed by atoms with Crippen molar-refractivity contribution in [2.24, 2.45) is 0 Å². The van der Waals surface area contributed by atoms with Gasteiger partial charge < -0.3 is 28.4 Å². The molecule has 0 heterocycles. The summed E-state index contributed by atoms with van der Waals surface area (Å²) in [6.07, 6.45) is 38.4. The fourth-order valence-electron chi connectivity index (χ4n) is 11.2. The standard InChI is InChI=1S/C74H116O14/c1-7-13-19-25-31-37-43-49-61(75)83-59-55-57-67(73(87-65(79)53-47-41-35-29-23-17-11-5)71(59)85-63(77)51-45-39-33-27-21-15-9-3)70(82)58-56-60(84-62(76)50-44-38-32-26-20-14-8-2)72(86-64(78)52-46-40-34-28-22-16-10-4)74(68(58)69(57)81)88-66(80)54-48-42-36-30-24-18-12-6/h55-56H,7-54H2,1-6H3. The number of hydrogen-bond donors (Lipinski definition) is 0. The Morgan fingerprint density at radius 1 is 0.239 bits per heavy atom. The van der Waals surface area contributed by atoms with E-state index in [2.05, 4.69) is 41.5 Å². The number of rotatable bonds is 54. The first kappa shape index (κ1) is 76.8. The molecule has 0 spiro atoms. The van der Waals surface area contributed by atoms with Crippen molar-refractivity contribution in [3.63, 3.8) is 0 Å². The zero-order valence-corrected chi connectivity index (χ0v) is 55.8. The molecule has 1 aliphatic rings. The van der Waals surface area contributed by atoms with Crippen LogP contribution in [-0.2, 0) is 28.8 Å². The number of hydrogen-bond acceptors (Lipinski definition) is 14. The Hall–Kier alpha value is -5.40. The quantitative estimate of drug-likeness (QED) is 0.0294. The van der Waals surface area contributed by atoms with Crippen molar-refractivity contribution in [3.8, 4) is 34.5 Å². The molecule has 0 bridgehead atoms. The molecule has 0 aromatic heterocycles. The van der Waals surface area contributed by atoms with Crippen molar-refractivity contribution in [2.45, 2.75) is 350 Å². The van der Waals surface area contributed by atoms with Crippen LogP contribution in [0.4, 0.5) is 0 Å². The first-order valence-corrected chi connectivity index (χ1v) is 35.6. The molecule has 0 radical (unpaired) electrons. The fourth-order valence-corrected chi connectivity index (χ4v) is 11.2. The van der Waals surface area contributed by atoms with E-state index in [1.807, 2.05) is 0 Å². The maximum Gasteiger partial charge on any atom is 0.311 e. The average molecular weight is 1230 g/mol. The Labute approximate surface area is 530 Å². The molecule has 2 aromatic carbocycles. The topological polar surface area (TPSA) is 192 Å². The van der Waals surface area contributed by atoms with E-state index < -0.39 is 104 Å². The lowest BCUT2D eigenvalue weighted by atomic mass is 9.82. The summed E-state index contributed by atoms with van der Waals surface area (Å²) in [5, 5.41) is 0. The monoisotopic (exact) mass is 1230 g/mol. The molecule has 0 N–H and O–H groups in total. The molecule has 3 rings (SSSR count). The lowest BCUT2D eigenvalue weighted by molar-refractivity contribution is -0.138. The van der Waals surface area contributed by atoms with Gasteiger partial charge in [-0.1, -0.05) is 273 Å². The lowest BCUT2D eigenvalue weighted by Crippen LogP contribution is -2.27. The number of esters is 6. The highest BCUT2D eigenvalue weighted by atomic mass is 16.6. The van der Waals surface area contributed by atoms with Crippen molar-refractivity contribution in [1.82, 2.24) is 0 Å². The summed E-state index contributed by atoms with van der Waals surface area (Å²) in [7, 11) is 0. The fraction of sp³-hybridized carbons (Fsp3) is 0.730. The molecule has 0 aliphatic heterocycles. The maximum atomic E-state index is 15.7. The van der Waals surface area contributed by atoms with Gasteiger partial charge in [-0.2, -0.15) is 0 Å². The van der Waals surface area contributed by atoms with E-state index in [-0.39, 0.29) is 38.5 Å². The van der Waals surface area contributed by atoms with Gasteiger partial charge in [0.15, 0.2) is 34.6 Å². The third-order valence-corrected chi connectivity index (χ3v) is 16.6. The summed E-state index contributed by atoms with van der Waals surface area (Å²) >= 11 is 0. The van der Waals surface area contributed by atoms with Crippen molar-refractivity contribution in [3.05, 3.63) is 34.4 Å². The second kappa shape index (κ2) is 48.5. The van der Waals surface area contributed by atoms with Gasteiger partial charge in [-0.25, -0.2) is 0 Å². The Balaban J connectivity index is 2.34. The summed E-state index contributed by atoms with van der Waals surface area (Å²) in [6.45, 7) is 12.9. The zero-order valence-electron chi connectivity index (χ0n) is 55.8. The van der Waals surface area contributed by atoms with Crippen LogP contribution in [-0.4, -0.2) is 47.4 Å². The number of carbonyl (C=O) groups excluding carboxylic acids is 8. The van der Waals surface area contributed by atoms with Gasteiger partial charge >= 0.3 is 35.8 Å². The number of unbranched alkanes of at least 4 members (excludes halogenated alkanes) is 36. The Kier molecular flexibility index (Phi) is 42.3. The third kappa shape index (κ3) is 30.9. The molecule has 0 saturated heterocycles. The van der Waals surface area contributed by atoms with E-state index in [0.29, 0.717) is 38.5 Å². The number of fused-ring (bicyclic) bond motifs is 2. The van der Waals surface area contributed by atoms with E-state index >= 15 is 9.59 Å². The van der Waals surface area contributed by atoms with Crippen molar-refractivity contribution >= 4 is 47.4 Å². The van der Waals surface area contributed by atoms with Crippen LogP contribution in [0.15, 0.2) is 12.1 Å². The van der Waals surface area contributed by atoms with E-state index in [1.165, 1.54) is 0 Å². The van der Waals surface area contributed by atoms with Crippen molar-refractivity contribution in [2.75, 3.05) is 0 Å². The second-order valence-electron chi connectivity index (χ2n) is 24.6. The number of carbonyl (C=O) groups is 8. The molecular formula is C74H116O14. The smallest absolute Gasteiger partial charge is 0.311 e. The Morgan fingerprint density at radius 3 is 0.614 bits per heavy atom. The summed E-state index contributed by atoms with van der Waals surface area (Å²) in [6, 6.07) is 2.27. The van der Waals surface area contributed by atoms with Crippen LogP contribution in [0, 0.1) is 0 Å². The molecule has 0 amide bonds. The van der Waals surface area contributed by atoms with Crippen LogP contribution in [0.3, 0.4) is 0 Å². The summed E-state index contributed by atoms with van der Waals surface area (Å²) in [5.74, 6) is -9.31. The van der Waals surface area contributed by atoms with Gasteiger partial charge in [-0.15, -0.1) is 0 Å². The van der Waals surface area contributed by atoms with E-state index in [0.717, 1.165) is 243 Å². The van der Waals surface area contributed by atoms with E-state index in [4.69, 9.17) is 28.4 Å². The predicted octanol–water partition coefficient (Wildman–Crippen LogP) is 20.7. The third-order valence-electron chi connectivity index (χ3n) is 16.6. The van der Waals surface area contributed by atoms with Crippen LogP contribution < -0.4 is 28.4 Å². The molecular weight excluding hydrogens is 1110 g/mol. The van der Waals surface area contributed by atoms with E-state index in [1.54, 1.807) is 0 Å². The number of ether oxygens (including phenoxy) is 6. The van der Waals surface area contributed by atoms with Crippen LogP contribution in [0.5, 0.6) is 34.5 Å². The SMILES string of the molecule is CCCCCCCCCC(=O)Oc1cc2c(c(OC(=O)CCCCCCCCC)c1OC(=O)CCCCCCCCC)C(=O)c1cc(OC(=O)CCCCCCCCC)c(OC(=O)CCCCCCCCC)c(OC(=O)CCCCCCCCC)c1C2=O. The zero-order chi connectivity index (χ0) is 64.0. The lowest BCUT2D eigenvalue weighted by Gasteiger charge is -2.26. The second-order valence-corrected chi connectivity index (χ2v) is 24.6. The minimum absolute atomic E-state index is 0.0216. The van der Waals surface area contributed by atoms with Gasteiger partial charge in [-0.3, -0.25) is 38.4 Å². The first-order valence-electron chi connectivity index (χ1n) is 35.6. The minimum Gasteiger partial charge on any atom is -0.422 e. The molecule has 0 atom stereocenters. The van der Waals surface area contributed by atoms with Gasteiger partial charge in [0.1, 0.15) is 0 Å². The molecule has 0 fully saturated rings. The predicted molar refractivity (Wildman–Crippen MR) is 349 cm³/mol. The van der Waals surface area contributed by atoms with Crippen LogP contribution >= 0.6 is 0 Å². The van der Waals surface area contributed by atoms with Crippen molar-refractivity contribution < 1.29 is 66.8 Å². The normalized spacial score (nSPS) is 11.8. The molecule has 14 nitrogen and oxygen atoms in total. The Morgan fingerprint density at radius 2 is 0.409 bits per heavy atom. The molecule has 1 aliphatic carbocycles. The first-order chi connectivity index (χ1) is 42.8. The summed E-state index contributed by atoms with van der Waals surface area (Å²) in [4.78, 5) is 116. The average Bonchev–Trinajstić information content (AvgIpc) is 0.749. The molecule has 14 heteroatoms. The van der Waals surface area contributed by atoms with Gasteiger partial charge in [0, 0.05) is 49.7 Å². The number of benzene rings is 2. The highest BCUT2D eigenvalue weighted by Gasteiger charge is 2.43. The Bertz CT molecular complexity index is 2220. The largest absolute Gasteiger partial charge is 0.422 e. The van der Waals surface area contributed by atoms with Crippen LogP contribution in [0.1, 0.15) is 382 Å². The van der Waals surface area contributed by atoms with Crippen molar-refractivity contribution in [1.29, 1.82) is 0 Å². The molecule has 88 heavy (non-hydrogen) atoms. The number of ketones is 2. The van der Waals surface area contributed by atoms with Crippen LogP contribution in [0.2, 0.25) is 0 Å². The van der Waals surface area contributed by atoms with Gasteiger partial charge in [0.2, 0.25) is 11.5 Å². The van der Waals surface area contributed by atoms with E-state index in [9.17, 15) is 28.8 Å². The van der Waals surface area contributed by atoms with Crippen LogP contribution in [0.25, 0.3) is 0 Å². The van der Waals surface area contributed by atoms with Gasteiger partial charge in [0.25, 0.3) is 0 Å². The molecule has 496 valence electrons. The minimum atomic E-state index is -0.941. The van der Waals surface area contributed by atoms with Gasteiger partial charge in [0.05, 0.1) is 11.1 Å².